The molecule has 0 fully saturated rings. The number of nitrogens with two attached hydrogens (primary N) is 1. The lowest BCUT2D eigenvalue weighted by Crippen LogP contribution is -2.39. The van der Waals surface area contributed by atoms with Crippen LogP contribution in [-0.2, 0) is 11.2 Å². The maximum absolute atomic E-state index is 12.0. The van der Waals surface area contributed by atoms with E-state index in [1.165, 1.54) is 0 Å². The molecule has 1 aromatic rings. The van der Waals surface area contributed by atoms with Gasteiger partial charge in [-0.3, -0.25) is 9.78 Å². The van der Waals surface area contributed by atoms with Gasteiger partial charge in [0.2, 0.25) is 5.91 Å². The molecule has 0 unspecified atom stereocenters. The molecular weight excluding hydrogens is 226 g/mol. The highest BCUT2D eigenvalue weighted by Crippen LogP contribution is 2.14. The summed E-state index contributed by atoms with van der Waals surface area (Å²) in [6.07, 6.45) is 4.79. The Bertz CT molecular complexity index is 376. The minimum absolute atomic E-state index is 0.0291. The SMILES string of the molecule is CN(CC(C)(C)CN)C(=O)CCc1cccnc1. The Kier molecular flexibility index (Phi) is 5.28. The van der Waals surface area contributed by atoms with Crippen LogP contribution in [0.2, 0.25) is 0 Å². The zero-order valence-corrected chi connectivity index (χ0v) is 11.5. The highest BCUT2D eigenvalue weighted by molar-refractivity contribution is 5.76. The molecule has 0 saturated carbocycles. The number of nitrogens with zero attached hydrogens (tertiary/aromatic N) is 2. The summed E-state index contributed by atoms with van der Waals surface area (Å²) < 4.78 is 0. The van der Waals surface area contributed by atoms with Crippen LogP contribution in [-0.4, -0.2) is 35.9 Å². The van der Waals surface area contributed by atoms with Gasteiger partial charge in [0.1, 0.15) is 0 Å². The van der Waals surface area contributed by atoms with Gasteiger partial charge >= 0.3 is 0 Å². The van der Waals surface area contributed by atoms with Crippen LogP contribution >= 0.6 is 0 Å². The van der Waals surface area contributed by atoms with Crippen molar-refractivity contribution in [3.8, 4) is 0 Å². The molecule has 2 N–H and O–H groups in total. The van der Waals surface area contributed by atoms with Gasteiger partial charge in [0, 0.05) is 32.4 Å². The third-order valence-corrected chi connectivity index (χ3v) is 2.99. The molecule has 0 atom stereocenters. The summed E-state index contributed by atoms with van der Waals surface area (Å²) in [6.45, 7) is 5.40. The molecule has 0 aromatic carbocycles. The summed E-state index contributed by atoms with van der Waals surface area (Å²) in [7, 11) is 1.84. The van der Waals surface area contributed by atoms with Gasteiger partial charge in [0.15, 0.2) is 0 Å². The van der Waals surface area contributed by atoms with Gasteiger partial charge in [-0.05, 0) is 30.0 Å². The Morgan fingerprint density at radius 2 is 2.22 bits per heavy atom. The molecule has 1 heterocycles. The Morgan fingerprint density at radius 1 is 1.50 bits per heavy atom. The molecule has 0 spiro atoms. The van der Waals surface area contributed by atoms with Crippen LogP contribution in [0.5, 0.6) is 0 Å². The monoisotopic (exact) mass is 249 g/mol. The number of rotatable bonds is 6. The van der Waals surface area contributed by atoms with E-state index in [4.69, 9.17) is 5.73 Å². The average Bonchev–Trinajstić information content (AvgIpc) is 2.36. The molecule has 4 nitrogen and oxygen atoms in total. The third kappa shape index (κ3) is 4.84. The number of hydrogen-bond acceptors (Lipinski definition) is 3. The second-order valence-electron chi connectivity index (χ2n) is 5.48. The van der Waals surface area contributed by atoms with Crippen molar-refractivity contribution in [2.75, 3.05) is 20.1 Å². The van der Waals surface area contributed by atoms with Gasteiger partial charge in [0.25, 0.3) is 0 Å². The highest BCUT2D eigenvalue weighted by Gasteiger charge is 2.20. The van der Waals surface area contributed by atoms with Crippen molar-refractivity contribution in [2.45, 2.75) is 26.7 Å². The highest BCUT2D eigenvalue weighted by atomic mass is 16.2. The molecule has 0 aliphatic carbocycles. The van der Waals surface area contributed by atoms with E-state index >= 15 is 0 Å². The molecule has 0 aliphatic heterocycles. The Hall–Kier alpha value is -1.42. The topological polar surface area (TPSA) is 59.2 Å². The van der Waals surface area contributed by atoms with E-state index in [0.717, 1.165) is 12.0 Å². The number of aryl methyl sites for hydroxylation is 1. The quantitative estimate of drug-likeness (QED) is 0.830. The molecule has 1 amide bonds. The Labute approximate surface area is 109 Å². The largest absolute Gasteiger partial charge is 0.345 e. The average molecular weight is 249 g/mol. The fourth-order valence-electron chi connectivity index (χ4n) is 1.78. The van der Waals surface area contributed by atoms with Crippen molar-refractivity contribution in [3.63, 3.8) is 0 Å². The first-order valence-electron chi connectivity index (χ1n) is 6.27. The zero-order chi connectivity index (χ0) is 13.6. The molecule has 1 rings (SSSR count). The van der Waals surface area contributed by atoms with Crippen molar-refractivity contribution in [3.05, 3.63) is 30.1 Å². The molecule has 18 heavy (non-hydrogen) atoms. The summed E-state index contributed by atoms with van der Waals surface area (Å²) in [5.74, 6) is 0.153. The lowest BCUT2D eigenvalue weighted by molar-refractivity contribution is -0.131. The van der Waals surface area contributed by atoms with Crippen LogP contribution in [0, 0.1) is 5.41 Å². The molecular formula is C14H23N3O. The van der Waals surface area contributed by atoms with Crippen LogP contribution in [0.3, 0.4) is 0 Å². The van der Waals surface area contributed by atoms with E-state index in [1.807, 2.05) is 19.2 Å². The van der Waals surface area contributed by atoms with Crippen LogP contribution in [0.1, 0.15) is 25.8 Å². The Morgan fingerprint density at radius 3 is 2.78 bits per heavy atom. The molecule has 100 valence electrons. The first-order chi connectivity index (χ1) is 8.44. The van der Waals surface area contributed by atoms with E-state index < -0.39 is 0 Å². The minimum Gasteiger partial charge on any atom is -0.345 e. The second-order valence-corrected chi connectivity index (χ2v) is 5.48. The van der Waals surface area contributed by atoms with Crippen molar-refractivity contribution in [2.24, 2.45) is 11.1 Å². The van der Waals surface area contributed by atoms with Gasteiger partial charge in [-0.25, -0.2) is 0 Å². The predicted molar refractivity (Wildman–Crippen MR) is 73.0 cm³/mol. The maximum atomic E-state index is 12.0. The van der Waals surface area contributed by atoms with Crippen molar-refractivity contribution >= 4 is 5.91 Å². The van der Waals surface area contributed by atoms with Crippen molar-refractivity contribution in [1.82, 2.24) is 9.88 Å². The number of carbonyl (C=O) groups excluding carboxylic acids is 1. The number of carbonyl (C=O) groups is 1. The van der Waals surface area contributed by atoms with Crippen molar-refractivity contribution < 1.29 is 4.79 Å². The van der Waals surface area contributed by atoms with E-state index in [2.05, 4.69) is 18.8 Å². The normalized spacial score (nSPS) is 11.3. The predicted octanol–water partition coefficient (Wildman–Crippen LogP) is 1.46. The molecule has 0 saturated heterocycles. The molecule has 1 aromatic heterocycles. The molecule has 0 bridgehead atoms. The van der Waals surface area contributed by atoms with E-state index in [9.17, 15) is 4.79 Å². The molecule has 0 aliphatic rings. The number of aromatic nitrogens is 1. The molecule has 4 heteroatoms. The van der Waals surface area contributed by atoms with Crippen LogP contribution < -0.4 is 5.73 Å². The lowest BCUT2D eigenvalue weighted by Gasteiger charge is -2.29. The van der Waals surface area contributed by atoms with Crippen LogP contribution in [0.15, 0.2) is 24.5 Å². The first kappa shape index (κ1) is 14.6. The first-order valence-corrected chi connectivity index (χ1v) is 6.27. The summed E-state index contributed by atoms with van der Waals surface area (Å²) in [6, 6.07) is 3.88. The summed E-state index contributed by atoms with van der Waals surface area (Å²) in [5, 5.41) is 0. The summed E-state index contributed by atoms with van der Waals surface area (Å²) in [5.41, 5.74) is 6.74. The van der Waals surface area contributed by atoms with Gasteiger partial charge in [-0.2, -0.15) is 0 Å². The van der Waals surface area contributed by atoms with E-state index in [0.29, 0.717) is 19.5 Å². The summed E-state index contributed by atoms with van der Waals surface area (Å²) in [4.78, 5) is 17.8. The van der Waals surface area contributed by atoms with Gasteiger partial charge < -0.3 is 10.6 Å². The molecule has 0 radical (unpaired) electrons. The maximum Gasteiger partial charge on any atom is 0.222 e. The van der Waals surface area contributed by atoms with Crippen LogP contribution in [0.25, 0.3) is 0 Å². The standard InChI is InChI=1S/C14H23N3O/c1-14(2,10-15)11-17(3)13(18)7-6-12-5-4-8-16-9-12/h4-5,8-9H,6-7,10-11,15H2,1-3H3. The summed E-state index contributed by atoms with van der Waals surface area (Å²) >= 11 is 0. The van der Waals surface area contributed by atoms with E-state index in [1.54, 1.807) is 17.3 Å². The number of pyridine rings is 1. The van der Waals surface area contributed by atoms with Gasteiger partial charge in [-0.15, -0.1) is 0 Å². The zero-order valence-electron chi connectivity index (χ0n) is 11.5. The fraction of sp³-hybridized carbons (Fsp3) is 0.571. The van der Waals surface area contributed by atoms with Crippen molar-refractivity contribution in [1.29, 1.82) is 0 Å². The van der Waals surface area contributed by atoms with E-state index in [-0.39, 0.29) is 11.3 Å². The van der Waals surface area contributed by atoms with Crippen LogP contribution in [0.4, 0.5) is 0 Å². The van der Waals surface area contributed by atoms with Gasteiger partial charge in [0.05, 0.1) is 0 Å². The number of amides is 1. The Balaban J connectivity index is 2.41. The smallest absolute Gasteiger partial charge is 0.222 e. The third-order valence-electron chi connectivity index (χ3n) is 2.99. The number of hydrogen-bond donors (Lipinski definition) is 1. The fourth-order valence-corrected chi connectivity index (χ4v) is 1.78. The minimum atomic E-state index is -0.0291. The van der Waals surface area contributed by atoms with Gasteiger partial charge in [-0.1, -0.05) is 19.9 Å². The second kappa shape index (κ2) is 6.50. The lowest BCUT2D eigenvalue weighted by atomic mass is 9.93.